The van der Waals surface area contributed by atoms with Crippen LogP contribution in [0.4, 0.5) is 11.6 Å². The largest absolute Gasteiger partial charge is 0.324 e. The van der Waals surface area contributed by atoms with Crippen molar-refractivity contribution in [3.05, 3.63) is 58.6 Å². The monoisotopic (exact) mass is 366 g/mol. The second kappa shape index (κ2) is 7.88. The summed E-state index contributed by atoms with van der Waals surface area (Å²) in [5.41, 5.74) is 2.54. The van der Waals surface area contributed by atoms with Crippen molar-refractivity contribution in [1.29, 1.82) is 0 Å². The molecular formula is C19H22N6S. The van der Waals surface area contributed by atoms with E-state index in [1.807, 2.05) is 6.20 Å². The Morgan fingerprint density at radius 1 is 1.15 bits per heavy atom. The smallest absolute Gasteiger partial charge is 0.150 e. The topological polar surface area (TPSA) is 66.8 Å². The molecule has 0 amide bonds. The molecule has 0 spiro atoms. The maximum absolute atomic E-state index is 4.58. The summed E-state index contributed by atoms with van der Waals surface area (Å²) in [5.74, 6) is 2.11. The second-order valence-corrected chi connectivity index (χ2v) is 7.66. The average Bonchev–Trinajstić information content (AvgIpc) is 3.08. The Bertz CT molecular complexity index is 842. The molecule has 6 nitrogen and oxygen atoms in total. The fourth-order valence-electron chi connectivity index (χ4n) is 3.40. The number of aryl methyl sites for hydroxylation is 1. The van der Waals surface area contributed by atoms with E-state index < -0.39 is 0 Å². The summed E-state index contributed by atoms with van der Waals surface area (Å²) in [6.07, 6.45) is 9.24. The molecule has 134 valence electrons. The van der Waals surface area contributed by atoms with Gasteiger partial charge in [-0.2, -0.15) is 0 Å². The number of hydrogen-bond acceptors (Lipinski definition) is 7. The lowest BCUT2D eigenvalue weighted by Gasteiger charge is -2.31. The highest BCUT2D eigenvalue weighted by Gasteiger charge is 2.21. The molecular weight excluding hydrogens is 344 g/mol. The molecule has 4 rings (SSSR count). The molecule has 0 aromatic carbocycles. The molecule has 0 saturated carbocycles. The Morgan fingerprint density at radius 3 is 2.73 bits per heavy atom. The fraction of sp³-hybridized carbons (Fsp3) is 0.368. The summed E-state index contributed by atoms with van der Waals surface area (Å²) in [4.78, 5) is 19.8. The molecule has 1 fully saturated rings. The van der Waals surface area contributed by atoms with Crippen molar-refractivity contribution in [3.8, 4) is 0 Å². The van der Waals surface area contributed by atoms with Crippen LogP contribution in [0.15, 0.2) is 42.3 Å². The Kier molecular flexibility index (Phi) is 5.17. The minimum atomic E-state index is 0.578. The number of nitrogens with one attached hydrogen (secondary N) is 1. The predicted octanol–water partition coefficient (Wildman–Crippen LogP) is 3.76. The van der Waals surface area contributed by atoms with E-state index >= 15 is 0 Å². The third-order valence-electron chi connectivity index (χ3n) is 4.71. The Labute approximate surface area is 157 Å². The first-order valence-electron chi connectivity index (χ1n) is 8.88. The van der Waals surface area contributed by atoms with E-state index in [9.17, 15) is 0 Å². The third-order valence-corrected chi connectivity index (χ3v) is 5.54. The van der Waals surface area contributed by atoms with Gasteiger partial charge in [0.2, 0.25) is 0 Å². The zero-order valence-corrected chi connectivity index (χ0v) is 15.6. The highest BCUT2D eigenvalue weighted by atomic mass is 32.1. The van der Waals surface area contributed by atoms with Gasteiger partial charge in [-0.1, -0.05) is 0 Å². The average molecular weight is 366 g/mol. The van der Waals surface area contributed by atoms with Crippen LogP contribution < -0.4 is 5.32 Å². The molecule has 3 aromatic heterocycles. The van der Waals surface area contributed by atoms with Crippen molar-refractivity contribution in [1.82, 2.24) is 24.8 Å². The zero-order valence-electron chi connectivity index (χ0n) is 14.8. The lowest BCUT2D eigenvalue weighted by molar-refractivity contribution is 0.203. The van der Waals surface area contributed by atoms with E-state index in [2.05, 4.69) is 54.6 Å². The van der Waals surface area contributed by atoms with E-state index in [0.717, 1.165) is 43.3 Å². The second-order valence-electron chi connectivity index (χ2n) is 6.60. The summed E-state index contributed by atoms with van der Waals surface area (Å²) >= 11 is 1.73. The number of thiazole rings is 1. The molecule has 3 aromatic rings. The lowest BCUT2D eigenvalue weighted by Crippen LogP contribution is -2.32. The van der Waals surface area contributed by atoms with E-state index in [1.165, 1.54) is 11.3 Å². The van der Waals surface area contributed by atoms with Gasteiger partial charge in [-0.25, -0.2) is 15.0 Å². The van der Waals surface area contributed by atoms with Crippen molar-refractivity contribution in [3.63, 3.8) is 0 Å². The molecule has 1 aliphatic heterocycles. The molecule has 26 heavy (non-hydrogen) atoms. The molecule has 0 radical (unpaired) electrons. The van der Waals surface area contributed by atoms with Gasteiger partial charge in [0.05, 0.1) is 16.9 Å². The minimum absolute atomic E-state index is 0.578. The molecule has 0 unspecified atom stereocenters. The highest BCUT2D eigenvalue weighted by molar-refractivity contribution is 7.09. The third kappa shape index (κ3) is 4.23. The van der Waals surface area contributed by atoms with Gasteiger partial charge in [0, 0.05) is 30.5 Å². The van der Waals surface area contributed by atoms with Crippen LogP contribution in [0, 0.1) is 6.92 Å². The minimum Gasteiger partial charge on any atom is -0.324 e. The van der Waals surface area contributed by atoms with Crippen LogP contribution in [0.25, 0.3) is 0 Å². The number of pyridine rings is 1. The van der Waals surface area contributed by atoms with Crippen LogP contribution in [-0.2, 0) is 6.54 Å². The molecule has 4 heterocycles. The van der Waals surface area contributed by atoms with E-state index in [-0.39, 0.29) is 0 Å². The van der Waals surface area contributed by atoms with Crippen molar-refractivity contribution in [2.24, 2.45) is 0 Å². The summed E-state index contributed by atoms with van der Waals surface area (Å²) < 4.78 is 0. The van der Waals surface area contributed by atoms with Gasteiger partial charge in [0.1, 0.15) is 11.6 Å². The molecule has 1 saturated heterocycles. The number of hydrogen-bond donors (Lipinski definition) is 1. The standard InChI is InChI=1S/C19H22N6S/c1-14-23-17(13-26-14)12-25-8-3-15(4-9-25)16-2-5-21-18(10-16)24-19-11-20-6-7-22-19/h2,5-7,10-11,13,15H,3-4,8-9,12H2,1H3,(H,21,22,24). The molecule has 0 aliphatic carbocycles. The van der Waals surface area contributed by atoms with E-state index in [4.69, 9.17) is 0 Å². The SMILES string of the molecule is Cc1nc(CN2CCC(c3ccnc(Nc4cnccn4)c3)CC2)cs1. The van der Waals surface area contributed by atoms with Crippen molar-refractivity contribution < 1.29 is 0 Å². The number of piperidine rings is 1. The van der Waals surface area contributed by atoms with Crippen LogP contribution >= 0.6 is 11.3 Å². The fourth-order valence-corrected chi connectivity index (χ4v) is 4.00. The number of anilines is 2. The van der Waals surface area contributed by atoms with Gasteiger partial charge in [0.25, 0.3) is 0 Å². The number of nitrogens with zero attached hydrogens (tertiary/aromatic N) is 5. The summed E-state index contributed by atoms with van der Waals surface area (Å²) in [6.45, 7) is 5.25. The first-order valence-corrected chi connectivity index (χ1v) is 9.76. The summed E-state index contributed by atoms with van der Waals surface area (Å²) in [5, 5.41) is 6.55. The van der Waals surface area contributed by atoms with Crippen LogP contribution in [0.1, 0.15) is 35.0 Å². The molecule has 1 N–H and O–H groups in total. The number of aromatic nitrogens is 4. The van der Waals surface area contributed by atoms with Gasteiger partial charge in [-0.05, 0) is 56.5 Å². The van der Waals surface area contributed by atoms with Crippen LogP contribution in [0.3, 0.4) is 0 Å². The zero-order chi connectivity index (χ0) is 17.8. The Morgan fingerprint density at radius 2 is 2.00 bits per heavy atom. The summed E-state index contributed by atoms with van der Waals surface area (Å²) in [6, 6.07) is 4.27. The van der Waals surface area contributed by atoms with Crippen LogP contribution in [0.5, 0.6) is 0 Å². The van der Waals surface area contributed by atoms with Gasteiger partial charge < -0.3 is 5.32 Å². The normalized spacial score (nSPS) is 15.9. The highest BCUT2D eigenvalue weighted by Crippen LogP contribution is 2.30. The lowest BCUT2D eigenvalue weighted by atomic mass is 9.90. The maximum atomic E-state index is 4.58. The van der Waals surface area contributed by atoms with Gasteiger partial charge in [-0.15, -0.1) is 11.3 Å². The van der Waals surface area contributed by atoms with Gasteiger partial charge >= 0.3 is 0 Å². The Hall–Kier alpha value is -2.38. The first-order chi connectivity index (χ1) is 12.8. The molecule has 1 aliphatic rings. The van der Waals surface area contributed by atoms with Crippen LogP contribution in [0.2, 0.25) is 0 Å². The van der Waals surface area contributed by atoms with Gasteiger partial charge in [0.15, 0.2) is 0 Å². The van der Waals surface area contributed by atoms with Crippen LogP contribution in [-0.4, -0.2) is 37.9 Å². The molecule has 7 heteroatoms. The van der Waals surface area contributed by atoms with Crippen molar-refractivity contribution in [2.45, 2.75) is 32.2 Å². The first kappa shape index (κ1) is 17.1. The van der Waals surface area contributed by atoms with Crippen molar-refractivity contribution in [2.75, 3.05) is 18.4 Å². The van der Waals surface area contributed by atoms with Crippen molar-refractivity contribution >= 4 is 23.0 Å². The number of rotatable bonds is 5. The van der Waals surface area contributed by atoms with Gasteiger partial charge in [-0.3, -0.25) is 9.88 Å². The predicted molar refractivity (Wildman–Crippen MR) is 104 cm³/mol. The maximum Gasteiger partial charge on any atom is 0.150 e. The van der Waals surface area contributed by atoms with E-state index in [0.29, 0.717) is 11.7 Å². The quantitative estimate of drug-likeness (QED) is 0.742. The van der Waals surface area contributed by atoms with E-state index in [1.54, 1.807) is 29.9 Å². The molecule has 0 bridgehead atoms. The molecule has 0 atom stereocenters. The number of likely N-dealkylation sites (tertiary alicyclic amines) is 1. The summed E-state index contributed by atoms with van der Waals surface area (Å²) in [7, 11) is 0. The Balaban J connectivity index is 1.36.